The third-order valence-electron chi connectivity index (χ3n) is 4.67. The van der Waals surface area contributed by atoms with Crippen LogP contribution in [0.1, 0.15) is 54.3 Å². The molecule has 1 aromatic carbocycles. The number of benzene rings is 1. The number of hydrogen-bond donors (Lipinski definition) is 1. The van der Waals surface area contributed by atoms with Crippen LogP contribution in [-0.2, 0) is 6.42 Å². The summed E-state index contributed by atoms with van der Waals surface area (Å²) in [5.41, 5.74) is 1.67. The van der Waals surface area contributed by atoms with Gasteiger partial charge in [0.2, 0.25) is 5.89 Å². The van der Waals surface area contributed by atoms with Crippen molar-refractivity contribution in [3.05, 3.63) is 47.7 Å². The molecule has 1 fully saturated rings. The predicted octanol–water partition coefficient (Wildman–Crippen LogP) is 3.48. The van der Waals surface area contributed by atoms with Gasteiger partial charge in [-0.1, -0.05) is 30.3 Å². The van der Waals surface area contributed by atoms with E-state index in [0.29, 0.717) is 23.8 Å². The molecule has 1 N–H and O–H groups in total. The smallest absolute Gasteiger partial charge is 0.256 e. The minimum absolute atomic E-state index is 0.0217. The van der Waals surface area contributed by atoms with Crippen molar-refractivity contribution in [3.63, 3.8) is 0 Å². The Bertz CT molecular complexity index is 867. The van der Waals surface area contributed by atoms with Gasteiger partial charge in [0.05, 0.1) is 5.56 Å². The maximum absolute atomic E-state index is 13.2. The number of aromatic amines is 1. The van der Waals surface area contributed by atoms with Crippen molar-refractivity contribution in [2.24, 2.45) is 0 Å². The first-order valence-corrected chi connectivity index (χ1v) is 8.47. The van der Waals surface area contributed by atoms with Gasteiger partial charge in [-0.25, -0.2) is 0 Å². The second kappa shape index (κ2) is 6.11. The highest BCUT2D eigenvalue weighted by atomic mass is 16.5. The van der Waals surface area contributed by atoms with Crippen molar-refractivity contribution in [3.8, 4) is 0 Å². The summed E-state index contributed by atoms with van der Waals surface area (Å²) in [4.78, 5) is 22.7. The van der Waals surface area contributed by atoms with Gasteiger partial charge >= 0.3 is 0 Å². The Labute approximate surface area is 139 Å². The Morgan fingerprint density at radius 3 is 3.08 bits per heavy atom. The number of likely N-dealkylation sites (tertiary alicyclic amines) is 1. The molecule has 1 saturated heterocycles. The maximum atomic E-state index is 13.2. The van der Waals surface area contributed by atoms with Crippen LogP contribution in [0.3, 0.4) is 0 Å². The van der Waals surface area contributed by atoms with Gasteiger partial charge in [-0.3, -0.25) is 4.79 Å². The minimum Gasteiger partial charge on any atom is -0.360 e. The third-order valence-corrected chi connectivity index (χ3v) is 4.67. The molecule has 1 aliphatic heterocycles. The Hall–Kier alpha value is -2.63. The highest BCUT2D eigenvalue weighted by Gasteiger charge is 2.33. The Kier molecular flexibility index (Phi) is 3.80. The SMILES string of the molecule is CCc1noc([C@H]2CCCCN2C(=O)c2c[nH]c3ccccc23)n1. The summed E-state index contributed by atoms with van der Waals surface area (Å²) in [7, 11) is 0. The van der Waals surface area contributed by atoms with Crippen molar-refractivity contribution in [1.29, 1.82) is 0 Å². The van der Waals surface area contributed by atoms with Crippen molar-refractivity contribution in [2.45, 2.75) is 38.6 Å². The molecule has 6 heteroatoms. The monoisotopic (exact) mass is 324 g/mol. The number of carbonyl (C=O) groups excluding carboxylic acids is 1. The topological polar surface area (TPSA) is 75.0 Å². The average molecular weight is 324 g/mol. The molecular formula is C18H20N4O2. The van der Waals surface area contributed by atoms with Gasteiger partial charge in [0.1, 0.15) is 6.04 Å². The molecule has 0 bridgehead atoms. The molecule has 1 aliphatic rings. The van der Waals surface area contributed by atoms with Crippen LogP contribution in [0.2, 0.25) is 0 Å². The zero-order chi connectivity index (χ0) is 16.5. The fraction of sp³-hybridized carbons (Fsp3) is 0.389. The van der Waals surface area contributed by atoms with E-state index < -0.39 is 0 Å². The Balaban J connectivity index is 1.68. The number of para-hydroxylation sites is 1. The molecule has 0 aliphatic carbocycles. The largest absolute Gasteiger partial charge is 0.360 e. The number of nitrogens with zero attached hydrogens (tertiary/aromatic N) is 3. The van der Waals surface area contributed by atoms with Crippen molar-refractivity contribution >= 4 is 16.8 Å². The van der Waals surface area contributed by atoms with E-state index in [4.69, 9.17) is 4.52 Å². The molecule has 0 spiro atoms. The van der Waals surface area contributed by atoms with E-state index in [1.165, 1.54) is 0 Å². The van der Waals surface area contributed by atoms with E-state index in [1.807, 2.05) is 36.1 Å². The minimum atomic E-state index is -0.132. The summed E-state index contributed by atoms with van der Waals surface area (Å²) in [5, 5.41) is 4.94. The van der Waals surface area contributed by atoms with Crippen LogP contribution in [0.4, 0.5) is 0 Å². The number of hydrogen-bond acceptors (Lipinski definition) is 4. The number of aromatic nitrogens is 3. The Morgan fingerprint density at radius 2 is 2.25 bits per heavy atom. The van der Waals surface area contributed by atoms with Gasteiger partial charge in [0.25, 0.3) is 5.91 Å². The number of carbonyl (C=O) groups is 1. The Morgan fingerprint density at radius 1 is 1.38 bits per heavy atom. The quantitative estimate of drug-likeness (QED) is 0.800. The van der Waals surface area contributed by atoms with Crippen molar-refractivity contribution < 1.29 is 9.32 Å². The third kappa shape index (κ3) is 2.48. The molecule has 2 aromatic heterocycles. The fourth-order valence-corrected chi connectivity index (χ4v) is 3.38. The maximum Gasteiger partial charge on any atom is 0.256 e. The summed E-state index contributed by atoms with van der Waals surface area (Å²) in [6, 6.07) is 7.73. The van der Waals surface area contributed by atoms with Gasteiger partial charge < -0.3 is 14.4 Å². The molecule has 0 saturated carbocycles. The summed E-state index contributed by atoms with van der Waals surface area (Å²) < 4.78 is 5.42. The first-order valence-electron chi connectivity index (χ1n) is 8.47. The first-order chi connectivity index (χ1) is 11.8. The van der Waals surface area contributed by atoms with Gasteiger partial charge in [-0.2, -0.15) is 4.98 Å². The molecule has 0 unspecified atom stereocenters. The summed E-state index contributed by atoms with van der Waals surface area (Å²) in [6.45, 7) is 2.71. The summed E-state index contributed by atoms with van der Waals surface area (Å²) in [5.74, 6) is 1.27. The van der Waals surface area contributed by atoms with Crippen LogP contribution in [-0.4, -0.2) is 32.5 Å². The number of piperidine rings is 1. The molecule has 24 heavy (non-hydrogen) atoms. The highest BCUT2D eigenvalue weighted by Crippen LogP contribution is 2.32. The molecule has 3 heterocycles. The van der Waals surface area contributed by atoms with E-state index in [-0.39, 0.29) is 11.9 Å². The molecule has 6 nitrogen and oxygen atoms in total. The van der Waals surface area contributed by atoms with E-state index in [1.54, 1.807) is 6.20 Å². The first kappa shape index (κ1) is 14.9. The molecular weight excluding hydrogens is 304 g/mol. The lowest BCUT2D eigenvalue weighted by molar-refractivity contribution is 0.0563. The molecule has 0 radical (unpaired) electrons. The lowest BCUT2D eigenvalue weighted by atomic mass is 10.0. The van der Waals surface area contributed by atoms with Gasteiger partial charge in [0.15, 0.2) is 5.82 Å². The van der Waals surface area contributed by atoms with Crippen molar-refractivity contribution in [1.82, 2.24) is 20.0 Å². The number of fused-ring (bicyclic) bond motifs is 1. The predicted molar refractivity (Wildman–Crippen MR) is 89.6 cm³/mol. The van der Waals surface area contributed by atoms with E-state index in [0.717, 1.165) is 36.6 Å². The number of amides is 1. The lowest BCUT2D eigenvalue weighted by Crippen LogP contribution is -2.38. The molecule has 124 valence electrons. The normalized spacial score (nSPS) is 18.2. The van der Waals surface area contributed by atoms with Crippen LogP contribution in [0, 0.1) is 0 Å². The summed E-state index contributed by atoms with van der Waals surface area (Å²) >= 11 is 0. The van der Waals surface area contributed by atoms with Crippen LogP contribution in [0.25, 0.3) is 10.9 Å². The molecule has 1 amide bonds. The van der Waals surface area contributed by atoms with Crippen molar-refractivity contribution in [2.75, 3.05) is 6.54 Å². The molecule has 3 aromatic rings. The summed E-state index contributed by atoms with van der Waals surface area (Å²) in [6.07, 6.45) is 5.45. The van der Waals surface area contributed by atoms with Gasteiger partial charge in [-0.05, 0) is 25.3 Å². The van der Waals surface area contributed by atoms with Gasteiger partial charge in [0, 0.05) is 30.1 Å². The number of rotatable bonds is 3. The fourth-order valence-electron chi connectivity index (χ4n) is 3.38. The standard InChI is InChI=1S/C18H20N4O2/c1-2-16-20-17(24-21-16)15-9-5-6-10-22(15)18(23)13-11-19-14-8-4-3-7-12(13)14/h3-4,7-8,11,15,19H,2,5-6,9-10H2,1H3/t15-/m1/s1. The van der Waals surface area contributed by atoms with Crippen LogP contribution < -0.4 is 0 Å². The second-order valence-electron chi connectivity index (χ2n) is 6.16. The van der Waals surface area contributed by atoms with E-state index in [9.17, 15) is 4.79 Å². The number of nitrogens with one attached hydrogen (secondary N) is 1. The van der Waals surface area contributed by atoms with Crippen LogP contribution in [0.5, 0.6) is 0 Å². The molecule has 4 rings (SSSR count). The number of aryl methyl sites for hydroxylation is 1. The molecule has 1 atom stereocenters. The zero-order valence-corrected chi connectivity index (χ0v) is 13.7. The van der Waals surface area contributed by atoms with E-state index >= 15 is 0 Å². The average Bonchev–Trinajstić information content (AvgIpc) is 3.28. The highest BCUT2D eigenvalue weighted by molar-refractivity contribution is 6.06. The van der Waals surface area contributed by atoms with E-state index in [2.05, 4.69) is 15.1 Å². The second-order valence-corrected chi connectivity index (χ2v) is 6.16. The lowest BCUT2D eigenvalue weighted by Gasteiger charge is -2.33. The van der Waals surface area contributed by atoms with Gasteiger partial charge in [-0.15, -0.1) is 0 Å². The zero-order valence-electron chi connectivity index (χ0n) is 13.7. The van der Waals surface area contributed by atoms with Crippen LogP contribution in [0.15, 0.2) is 35.0 Å². The van der Waals surface area contributed by atoms with Crippen LogP contribution >= 0.6 is 0 Å². The number of H-pyrrole nitrogens is 1.